The fourth-order valence-corrected chi connectivity index (χ4v) is 0.476. The van der Waals surface area contributed by atoms with Crippen molar-refractivity contribution in [3.05, 3.63) is 0 Å². The van der Waals surface area contributed by atoms with Gasteiger partial charge in [-0.3, -0.25) is 10.2 Å². The van der Waals surface area contributed by atoms with Crippen molar-refractivity contribution in [1.82, 2.24) is 10.4 Å². The number of carbonyl (C=O) groups excluding carboxylic acids is 1. The van der Waals surface area contributed by atoms with Crippen LogP contribution >= 0.6 is 0 Å². The molecular formula is C6H14N2O2. The third kappa shape index (κ3) is 5.53. The standard InChI is InChI=1S/C6H14N2O2/c1-4-10-5-6(9)7-8(2)3/h4-5H2,1-3H3,(H,7,9). The van der Waals surface area contributed by atoms with Gasteiger partial charge in [0.1, 0.15) is 6.61 Å². The summed E-state index contributed by atoms with van der Waals surface area (Å²) in [5, 5.41) is 1.58. The lowest BCUT2D eigenvalue weighted by Crippen LogP contribution is -2.38. The minimum absolute atomic E-state index is 0.119. The van der Waals surface area contributed by atoms with Gasteiger partial charge in [-0.15, -0.1) is 0 Å². The van der Waals surface area contributed by atoms with Gasteiger partial charge in [-0.05, 0) is 6.92 Å². The highest BCUT2D eigenvalue weighted by atomic mass is 16.5. The Labute approximate surface area is 61.1 Å². The number of ether oxygens (including phenoxy) is 1. The third-order valence-electron chi connectivity index (χ3n) is 0.786. The van der Waals surface area contributed by atoms with Crippen molar-refractivity contribution in [3.8, 4) is 0 Å². The average Bonchev–Trinajstić information content (AvgIpc) is 1.82. The van der Waals surface area contributed by atoms with E-state index in [0.29, 0.717) is 6.61 Å². The van der Waals surface area contributed by atoms with Crippen LogP contribution in [0.15, 0.2) is 0 Å². The number of hydrogen-bond acceptors (Lipinski definition) is 3. The molecule has 4 heteroatoms. The van der Waals surface area contributed by atoms with Gasteiger partial charge in [0.15, 0.2) is 0 Å². The van der Waals surface area contributed by atoms with E-state index < -0.39 is 0 Å². The molecule has 0 rings (SSSR count). The molecule has 0 atom stereocenters. The lowest BCUT2D eigenvalue weighted by Gasteiger charge is -2.10. The Morgan fingerprint density at radius 3 is 2.60 bits per heavy atom. The molecule has 4 nitrogen and oxygen atoms in total. The van der Waals surface area contributed by atoms with E-state index in [1.165, 1.54) is 0 Å². The van der Waals surface area contributed by atoms with Gasteiger partial charge in [-0.25, -0.2) is 5.01 Å². The topological polar surface area (TPSA) is 41.6 Å². The largest absolute Gasteiger partial charge is 0.372 e. The molecule has 0 aromatic carbocycles. The van der Waals surface area contributed by atoms with Gasteiger partial charge in [0.05, 0.1) is 0 Å². The van der Waals surface area contributed by atoms with E-state index in [-0.39, 0.29) is 12.5 Å². The summed E-state index contributed by atoms with van der Waals surface area (Å²) in [6.45, 7) is 2.55. The summed E-state index contributed by atoms with van der Waals surface area (Å²) in [5.41, 5.74) is 2.55. The van der Waals surface area contributed by atoms with E-state index in [0.717, 1.165) is 0 Å². The summed E-state index contributed by atoms with van der Waals surface area (Å²) in [6.07, 6.45) is 0. The Hall–Kier alpha value is -0.610. The van der Waals surface area contributed by atoms with E-state index in [2.05, 4.69) is 5.43 Å². The number of nitrogens with one attached hydrogen (secondary N) is 1. The van der Waals surface area contributed by atoms with Gasteiger partial charge in [-0.2, -0.15) is 0 Å². The first-order valence-electron chi connectivity index (χ1n) is 3.21. The predicted molar refractivity (Wildman–Crippen MR) is 38.3 cm³/mol. The Morgan fingerprint density at radius 1 is 1.60 bits per heavy atom. The van der Waals surface area contributed by atoms with Crippen molar-refractivity contribution < 1.29 is 9.53 Å². The molecular weight excluding hydrogens is 132 g/mol. The number of hydrazine groups is 1. The van der Waals surface area contributed by atoms with Crippen LogP contribution in [0.5, 0.6) is 0 Å². The number of nitrogens with zero attached hydrogens (tertiary/aromatic N) is 1. The fraction of sp³-hybridized carbons (Fsp3) is 0.833. The van der Waals surface area contributed by atoms with Gasteiger partial charge in [0.2, 0.25) is 0 Å². The van der Waals surface area contributed by atoms with Crippen LogP contribution in [0.2, 0.25) is 0 Å². The van der Waals surface area contributed by atoms with Gasteiger partial charge >= 0.3 is 0 Å². The van der Waals surface area contributed by atoms with Crippen LogP contribution in [0.25, 0.3) is 0 Å². The van der Waals surface area contributed by atoms with Gasteiger partial charge in [0.25, 0.3) is 5.91 Å². The summed E-state index contributed by atoms with van der Waals surface area (Å²) >= 11 is 0. The first-order valence-corrected chi connectivity index (χ1v) is 3.21. The molecule has 0 heterocycles. The van der Waals surface area contributed by atoms with Crippen LogP contribution in [0.4, 0.5) is 0 Å². The van der Waals surface area contributed by atoms with Crippen molar-refractivity contribution in [3.63, 3.8) is 0 Å². The molecule has 1 amide bonds. The molecule has 0 aliphatic carbocycles. The van der Waals surface area contributed by atoms with Crippen molar-refractivity contribution in [2.75, 3.05) is 27.3 Å². The summed E-state index contributed by atoms with van der Waals surface area (Å²) in [4.78, 5) is 10.7. The molecule has 0 bridgehead atoms. The second-order valence-electron chi connectivity index (χ2n) is 2.07. The van der Waals surface area contributed by atoms with Crippen molar-refractivity contribution in [2.45, 2.75) is 6.92 Å². The molecule has 0 spiro atoms. The van der Waals surface area contributed by atoms with Crippen molar-refractivity contribution in [1.29, 1.82) is 0 Å². The van der Waals surface area contributed by atoms with Crippen molar-refractivity contribution >= 4 is 5.91 Å². The van der Waals surface area contributed by atoms with Crippen molar-refractivity contribution in [2.24, 2.45) is 0 Å². The fourth-order valence-electron chi connectivity index (χ4n) is 0.476. The Morgan fingerprint density at radius 2 is 2.20 bits per heavy atom. The first kappa shape index (κ1) is 9.39. The zero-order valence-corrected chi connectivity index (χ0v) is 6.68. The summed E-state index contributed by atoms with van der Waals surface area (Å²) in [6, 6.07) is 0. The summed E-state index contributed by atoms with van der Waals surface area (Å²) in [5.74, 6) is -0.119. The zero-order valence-electron chi connectivity index (χ0n) is 6.68. The molecule has 10 heavy (non-hydrogen) atoms. The molecule has 0 saturated heterocycles. The van der Waals surface area contributed by atoms with Gasteiger partial charge < -0.3 is 4.74 Å². The molecule has 0 aromatic heterocycles. The molecule has 60 valence electrons. The minimum Gasteiger partial charge on any atom is -0.372 e. The van der Waals surface area contributed by atoms with Gasteiger partial charge in [0, 0.05) is 20.7 Å². The molecule has 0 radical (unpaired) electrons. The normalized spacial score (nSPS) is 10.0. The highest BCUT2D eigenvalue weighted by Gasteiger charge is 1.99. The first-order chi connectivity index (χ1) is 4.66. The number of amides is 1. The highest BCUT2D eigenvalue weighted by Crippen LogP contribution is 1.73. The SMILES string of the molecule is CCOCC(=O)NN(C)C. The summed E-state index contributed by atoms with van der Waals surface area (Å²) in [7, 11) is 3.51. The molecule has 0 aliphatic rings. The lowest BCUT2D eigenvalue weighted by atomic mass is 10.7. The van der Waals surface area contributed by atoms with E-state index in [4.69, 9.17) is 4.74 Å². The van der Waals surface area contributed by atoms with Crippen LogP contribution in [0.1, 0.15) is 6.92 Å². The summed E-state index contributed by atoms with van der Waals surface area (Å²) < 4.78 is 4.86. The second-order valence-corrected chi connectivity index (χ2v) is 2.07. The maximum atomic E-state index is 10.7. The van der Waals surface area contributed by atoms with Gasteiger partial charge in [-0.1, -0.05) is 0 Å². The Kier molecular flexibility index (Phi) is 4.88. The zero-order chi connectivity index (χ0) is 7.98. The number of rotatable bonds is 4. The molecule has 0 aliphatic heterocycles. The lowest BCUT2D eigenvalue weighted by molar-refractivity contribution is -0.129. The third-order valence-corrected chi connectivity index (χ3v) is 0.786. The quantitative estimate of drug-likeness (QED) is 0.549. The molecule has 0 fully saturated rings. The second kappa shape index (κ2) is 5.20. The molecule has 0 unspecified atom stereocenters. The van der Waals surface area contributed by atoms with Crippen LogP contribution in [0, 0.1) is 0 Å². The number of carbonyl (C=O) groups is 1. The van der Waals surface area contributed by atoms with Crippen LogP contribution < -0.4 is 5.43 Å². The maximum absolute atomic E-state index is 10.7. The van der Waals surface area contributed by atoms with E-state index in [1.54, 1.807) is 19.1 Å². The van der Waals surface area contributed by atoms with E-state index >= 15 is 0 Å². The van der Waals surface area contributed by atoms with Crippen LogP contribution in [-0.4, -0.2) is 38.2 Å². The predicted octanol–water partition coefficient (Wildman–Crippen LogP) is -0.384. The monoisotopic (exact) mass is 146 g/mol. The number of hydrogen-bond donors (Lipinski definition) is 1. The van der Waals surface area contributed by atoms with Crippen LogP contribution in [0.3, 0.4) is 0 Å². The molecule has 1 N–H and O–H groups in total. The molecule has 0 saturated carbocycles. The van der Waals surface area contributed by atoms with E-state index in [1.807, 2.05) is 6.92 Å². The minimum atomic E-state index is -0.119. The van der Waals surface area contributed by atoms with E-state index in [9.17, 15) is 4.79 Å². The maximum Gasteiger partial charge on any atom is 0.260 e. The molecule has 0 aromatic rings. The highest BCUT2D eigenvalue weighted by molar-refractivity contribution is 5.76. The smallest absolute Gasteiger partial charge is 0.260 e. The Balaban J connectivity index is 3.26. The Bertz CT molecular complexity index is 104. The van der Waals surface area contributed by atoms with Crippen LogP contribution in [-0.2, 0) is 9.53 Å². The average molecular weight is 146 g/mol.